The number of hydrogen-bond donors (Lipinski definition) is 2. The van der Waals surface area contributed by atoms with Crippen LogP contribution < -0.4 is 10.6 Å². The Morgan fingerprint density at radius 1 is 1.19 bits per heavy atom. The highest BCUT2D eigenvalue weighted by Crippen LogP contribution is 2.31. The number of nitrogens with one attached hydrogen (secondary N) is 2. The highest BCUT2D eigenvalue weighted by molar-refractivity contribution is 9.10. The fourth-order valence-electron chi connectivity index (χ4n) is 1.62. The van der Waals surface area contributed by atoms with E-state index in [1.54, 1.807) is 24.3 Å². The van der Waals surface area contributed by atoms with Crippen LogP contribution in [0.3, 0.4) is 0 Å². The van der Waals surface area contributed by atoms with Crippen molar-refractivity contribution in [3.63, 3.8) is 0 Å². The summed E-state index contributed by atoms with van der Waals surface area (Å²) in [5.41, 5.74) is 1.10. The summed E-state index contributed by atoms with van der Waals surface area (Å²) in [6.45, 7) is -0.00736. The molecule has 2 aromatic rings. The van der Waals surface area contributed by atoms with E-state index in [2.05, 4.69) is 26.6 Å². The van der Waals surface area contributed by atoms with Crippen LogP contribution in [0.2, 0.25) is 10.0 Å². The topological polar surface area (TPSA) is 41.1 Å². The van der Waals surface area contributed by atoms with E-state index >= 15 is 0 Å². The summed E-state index contributed by atoms with van der Waals surface area (Å²) >= 11 is 14.9. The lowest BCUT2D eigenvalue weighted by atomic mass is 10.3. The molecule has 0 aromatic heterocycles. The molecule has 0 spiro atoms. The highest BCUT2D eigenvalue weighted by atomic mass is 79.9. The van der Waals surface area contributed by atoms with E-state index in [1.165, 1.54) is 12.1 Å². The van der Waals surface area contributed by atoms with Crippen LogP contribution in [-0.4, -0.2) is 12.5 Å². The second-order valence-corrected chi connectivity index (χ2v) is 5.85. The van der Waals surface area contributed by atoms with E-state index in [9.17, 15) is 9.18 Å². The summed E-state index contributed by atoms with van der Waals surface area (Å²) < 4.78 is 13.5. The van der Waals surface area contributed by atoms with E-state index in [0.29, 0.717) is 20.9 Å². The van der Waals surface area contributed by atoms with Crippen LogP contribution in [0.15, 0.2) is 40.9 Å². The third-order valence-corrected chi connectivity index (χ3v) is 3.74. The molecule has 0 aliphatic rings. The van der Waals surface area contributed by atoms with Gasteiger partial charge in [0.2, 0.25) is 5.91 Å². The lowest BCUT2D eigenvalue weighted by molar-refractivity contribution is -0.114. The number of carbonyl (C=O) groups is 1. The van der Waals surface area contributed by atoms with Crippen molar-refractivity contribution in [2.75, 3.05) is 17.2 Å². The van der Waals surface area contributed by atoms with Crippen LogP contribution in [0, 0.1) is 5.82 Å². The minimum atomic E-state index is -0.456. The van der Waals surface area contributed by atoms with Crippen molar-refractivity contribution in [2.24, 2.45) is 0 Å². The van der Waals surface area contributed by atoms with Crippen molar-refractivity contribution in [1.29, 1.82) is 0 Å². The van der Waals surface area contributed by atoms with Crippen LogP contribution in [0.25, 0.3) is 0 Å². The average Bonchev–Trinajstić information content (AvgIpc) is 2.40. The third kappa shape index (κ3) is 4.59. The molecule has 0 aliphatic carbocycles. The van der Waals surface area contributed by atoms with Crippen molar-refractivity contribution < 1.29 is 9.18 Å². The van der Waals surface area contributed by atoms with Crippen molar-refractivity contribution in [1.82, 2.24) is 0 Å². The van der Waals surface area contributed by atoms with Gasteiger partial charge in [-0.05, 0) is 52.3 Å². The number of hydrogen-bond acceptors (Lipinski definition) is 2. The van der Waals surface area contributed by atoms with Crippen molar-refractivity contribution in [3.8, 4) is 0 Å². The molecule has 110 valence electrons. The zero-order valence-corrected chi connectivity index (χ0v) is 13.7. The van der Waals surface area contributed by atoms with Gasteiger partial charge in [0.25, 0.3) is 0 Å². The molecule has 0 saturated heterocycles. The maximum Gasteiger partial charge on any atom is 0.243 e. The Hall–Kier alpha value is -1.30. The van der Waals surface area contributed by atoms with Gasteiger partial charge < -0.3 is 10.6 Å². The van der Waals surface area contributed by atoms with Crippen molar-refractivity contribution >= 4 is 56.4 Å². The fraction of sp³-hybridized carbons (Fsp3) is 0.0714. The van der Waals surface area contributed by atoms with Gasteiger partial charge in [-0.15, -0.1) is 0 Å². The van der Waals surface area contributed by atoms with Gasteiger partial charge in [0.1, 0.15) is 5.82 Å². The van der Waals surface area contributed by atoms with Crippen LogP contribution in [-0.2, 0) is 4.79 Å². The quantitative estimate of drug-likeness (QED) is 0.774. The molecule has 2 N–H and O–H groups in total. The van der Waals surface area contributed by atoms with Crippen molar-refractivity contribution in [3.05, 3.63) is 56.7 Å². The Morgan fingerprint density at radius 2 is 1.86 bits per heavy atom. The molecule has 21 heavy (non-hydrogen) atoms. The summed E-state index contributed by atoms with van der Waals surface area (Å²) in [7, 11) is 0. The zero-order chi connectivity index (χ0) is 15.4. The molecule has 1 amide bonds. The van der Waals surface area contributed by atoms with Crippen LogP contribution in [0.5, 0.6) is 0 Å². The molecule has 3 nitrogen and oxygen atoms in total. The highest BCUT2D eigenvalue weighted by Gasteiger charge is 2.09. The summed E-state index contributed by atoms with van der Waals surface area (Å²) in [4.78, 5) is 11.8. The molecule has 2 rings (SSSR count). The Labute approximate surface area is 139 Å². The van der Waals surface area contributed by atoms with E-state index < -0.39 is 5.82 Å². The molecule has 0 heterocycles. The number of carbonyl (C=O) groups excluding carboxylic acids is 1. The van der Waals surface area contributed by atoms with Gasteiger partial charge >= 0.3 is 0 Å². The molecule has 0 fully saturated rings. The predicted molar refractivity (Wildman–Crippen MR) is 87.7 cm³/mol. The van der Waals surface area contributed by atoms with Gasteiger partial charge in [-0.3, -0.25) is 4.79 Å². The van der Waals surface area contributed by atoms with Crippen LogP contribution >= 0.6 is 39.1 Å². The molecule has 2 aromatic carbocycles. The minimum Gasteiger partial charge on any atom is -0.374 e. The standard InChI is InChI=1S/C14H10BrCl2FN2O/c15-11-5-9(18)6-12(17)14(11)19-7-13(21)20-10-3-1-8(16)2-4-10/h1-6,19H,7H2,(H,20,21). The van der Waals surface area contributed by atoms with Crippen LogP contribution in [0.1, 0.15) is 0 Å². The molecular formula is C14H10BrCl2FN2O. The second kappa shape index (κ2) is 7.11. The monoisotopic (exact) mass is 390 g/mol. The molecule has 0 atom stereocenters. The Bertz CT molecular complexity index is 642. The predicted octanol–water partition coefficient (Wildman–Crippen LogP) is 4.95. The van der Waals surface area contributed by atoms with E-state index in [4.69, 9.17) is 23.2 Å². The van der Waals surface area contributed by atoms with Gasteiger partial charge in [0, 0.05) is 15.2 Å². The van der Waals surface area contributed by atoms with E-state index in [1.807, 2.05) is 0 Å². The fourth-order valence-corrected chi connectivity index (χ4v) is 2.70. The second-order valence-electron chi connectivity index (χ2n) is 4.15. The number of anilines is 2. The lowest BCUT2D eigenvalue weighted by Gasteiger charge is -2.11. The first-order valence-corrected chi connectivity index (χ1v) is 7.44. The van der Waals surface area contributed by atoms with Gasteiger partial charge in [-0.2, -0.15) is 0 Å². The molecule has 0 unspecified atom stereocenters. The molecule has 0 radical (unpaired) electrons. The Morgan fingerprint density at radius 3 is 2.48 bits per heavy atom. The normalized spacial score (nSPS) is 10.3. The van der Waals surface area contributed by atoms with Gasteiger partial charge in [-0.1, -0.05) is 23.2 Å². The van der Waals surface area contributed by atoms with Crippen molar-refractivity contribution in [2.45, 2.75) is 0 Å². The average molecular weight is 392 g/mol. The first kappa shape index (κ1) is 16.1. The Kier molecular flexibility index (Phi) is 5.45. The molecule has 0 saturated carbocycles. The smallest absolute Gasteiger partial charge is 0.243 e. The maximum absolute atomic E-state index is 13.1. The largest absolute Gasteiger partial charge is 0.374 e. The van der Waals surface area contributed by atoms with Gasteiger partial charge in [-0.25, -0.2) is 4.39 Å². The minimum absolute atomic E-state index is 0.00736. The zero-order valence-electron chi connectivity index (χ0n) is 10.6. The van der Waals surface area contributed by atoms with Gasteiger partial charge in [0.15, 0.2) is 0 Å². The number of amides is 1. The van der Waals surface area contributed by atoms with Crippen LogP contribution in [0.4, 0.5) is 15.8 Å². The molecule has 7 heteroatoms. The summed E-state index contributed by atoms with van der Waals surface area (Å²) in [6.07, 6.45) is 0. The number of rotatable bonds is 4. The number of halogens is 4. The summed E-state index contributed by atoms with van der Waals surface area (Å²) in [5.74, 6) is -0.715. The maximum atomic E-state index is 13.1. The first-order valence-electron chi connectivity index (χ1n) is 5.89. The van der Waals surface area contributed by atoms with E-state index in [-0.39, 0.29) is 17.5 Å². The lowest BCUT2D eigenvalue weighted by Crippen LogP contribution is -2.22. The summed E-state index contributed by atoms with van der Waals surface area (Å²) in [6, 6.07) is 9.19. The van der Waals surface area contributed by atoms with Gasteiger partial charge in [0.05, 0.1) is 17.3 Å². The SMILES string of the molecule is O=C(CNc1c(Cl)cc(F)cc1Br)Nc1ccc(Cl)cc1. The third-order valence-electron chi connectivity index (χ3n) is 2.56. The molecule has 0 bridgehead atoms. The van der Waals surface area contributed by atoms with E-state index in [0.717, 1.165) is 0 Å². The molecular weight excluding hydrogens is 382 g/mol. The number of benzene rings is 2. The Balaban J connectivity index is 1.97. The first-order chi connectivity index (χ1) is 9.95. The summed E-state index contributed by atoms with van der Waals surface area (Å²) in [5, 5.41) is 6.34. The molecule has 0 aliphatic heterocycles.